The summed E-state index contributed by atoms with van der Waals surface area (Å²) in [7, 11) is 1.29. The summed E-state index contributed by atoms with van der Waals surface area (Å²) in [6.07, 6.45) is 1.48. The molecule has 1 heterocycles. The fourth-order valence-corrected chi connectivity index (χ4v) is 2.50. The zero-order valence-corrected chi connectivity index (χ0v) is 12.6. The number of esters is 2. The molecule has 20 heavy (non-hydrogen) atoms. The molecule has 0 radical (unpaired) electrons. The van der Waals surface area contributed by atoms with Crippen LogP contribution in [0.4, 0.5) is 0 Å². The Morgan fingerprint density at radius 1 is 1.40 bits per heavy atom. The first kappa shape index (κ1) is 16.4. The zero-order chi connectivity index (χ0) is 15.0. The average Bonchev–Trinajstić information content (AvgIpc) is 2.85. The normalized spacial score (nSPS) is 11.9. The Hall–Kier alpha value is -1.64. The van der Waals surface area contributed by atoms with Gasteiger partial charge in [-0.25, -0.2) is 4.68 Å². The van der Waals surface area contributed by atoms with Crippen LogP contribution in [0.25, 0.3) is 0 Å². The highest BCUT2D eigenvalue weighted by molar-refractivity contribution is 8.00. The zero-order valence-electron chi connectivity index (χ0n) is 11.7. The lowest BCUT2D eigenvalue weighted by Crippen LogP contribution is -2.21. The maximum absolute atomic E-state index is 11.8. The van der Waals surface area contributed by atoms with Gasteiger partial charge in [0, 0.05) is 0 Å². The van der Waals surface area contributed by atoms with Gasteiger partial charge in [-0.05, 0) is 23.8 Å². The lowest BCUT2D eigenvalue weighted by atomic mass is 10.2. The third kappa shape index (κ3) is 4.80. The quantitative estimate of drug-likeness (QED) is 0.510. The minimum absolute atomic E-state index is 0.0898. The predicted octanol–water partition coefficient (Wildman–Crippen LogP) is 0.670. The maximum atomic E-state index is 11.8. The largest absolute Gasteiger partial charge is 0.468 e. The number of tetrazole rings is 1. The number of hydrogen-bond donors (Lipinski definition) is 0. The lowest BCUT2D eigenvalue weighted by Gasteiger charge is -2.13. The number of aromatic nitrogens is 4. The van der Waals surface area contributed by atoms with Crippen molar-refractivity contribution in [2.45, 2.75) is 43.6 Å². The second-order valence-corrected chi connectivity index (χ2v) is 5.01. The van der Waals surface area contributed by atoms with Crippen LogP contribution in [0, 0.1) is 0 Å². The van der Waals surface area contributed by atoms with Gasteiger partial charge < -0.3 is 9.47 Å². The van der Waals surface area contributed by atoms with E-state index in [1.807, 2.05) is 6.92 Å². The van der Waals surface area contributed by atoms with Gasteiger partial charge in [-0.3, -0.25) is 9.59 Å². The van der Waals surface area contributed by atoms with Crippen LogP contribution in [0.15, 0.2) is 5.16 Å². The van der Waals surface area contributed by atoms with E-state index in [9.17, 15) is 9.59 Å². The summed E-state index contributed by atoms with van der Waals surface area (Å²) in [5.41, 5.74) is 0. The molecule has 0 aliphatic heterocycles. The number of thioether (sulfide) groups is 1. The van der Waals surface area contributed by atoms with Crippen molar-refractivity contribution in [2.75, 3.05) is 13.7 Å². The first-order valence-electron chi connectivity index (χ1n) is 6.28. The molecule has 1 rings (SSSR count). The van der Waals surface area contributed by atoms with Crippen LogP contribution in [0.5, 0.6) is 0 Å². The van der Waals surface area contributed by atoms with Crippen molar-refractivity contribution in [3.8, 4) is 0 Å². The number of nitrogens with zero attached hydrogens (tertiary/aromatic N) is 4. The Labute approximate surface area is 121 Å². The van der Waals surface area contributed by atoms with Crippen molar-refractivity contribution in [1.82, 2.24) is 20.2 Å². The molecule has 1 aromatic heterocycles. The number of carbonyl (C=O) groups excluding carboxylic acids is 2. The van der Waals surface area contributed by atoms with E-state index in [4.69, 9.17) is 4.74 Å². The minimum atomic E-state index is -0.456. The van der Waals surface area contributed by atoms with Crippen molar-refractivity contribution < 1.29 is 19.1 Å². The number of ether oxygens (including phenoxy) is 2. The molecule has 0 saturated heterocycles. The Morgan fingerprint density at radius 3 is 2.75 bits per heavy atom. The Bertz CT molecular complexity index is 451. The number of methoxy groups -OCH3 is 1. The highest BCUT2D eigenvalue weighted by Crippen LogP contribution is 2.25. The summed E-state index contributed by atoms with van der Waals surface area (Å²) in [6, 6.07) is 0. The fourth-order valence-electron chi connectivity index (χ4n) is 1.42. The summed E-state index contributed by atoms with van der Waals surface area (Å²) in [4.78, 5) is 23.1. The molecule has 1 unspecified atom stereocenters. The number of hydrogen-bond acceptors (Lipinski definition) is 8. The van der Waals surface area contributed by atoms with Crippen molar-refractivity contribution in [2.24, 2.45) is 0 Å². The average molecular weight is 302 g/mol. The van der Waals surface area contributed by atoms with Gasteiger partial charge in [0.2, 0.25) is 5.16 Å². The summed E-state index contributed by atoms with van der Waals surface area (Å²) in [5, 5.41) is 11.0. The van der Waals surface area contributed by atoms with E-state index in [0.717, 1.165) is 6.42 Å². The minimum Gasteiger partial charge on any atom is -0.468 e. The molecule has 0 bridgehead atoms. The molecular formula is C11H18N4O4S. The van der Waals surface area contributed by atoms with Gasteiger partial charge in [-0.2, -0.15) is 0 Å². The molecule has 8 nitrogen and oxygen atoms in total. The van der Waals surface area contributed by atoms with E-state index in [1.54, 1.807) is 6.92 Å². The smallest absolute Gasteiger partial charge is 0.327 e. The van der Waals surface area contributed by atoms with Crippen molar-refractivity contribution in [3.63, 3.8) is 0 Å². The molecule has 0 aliphatic carbocycles. The van der Waals surface area contributed by atoms with E-state index < -0.39 is 5.97 Å². The van der Waals surface area contributed by atoms with Gasteiger partial charge in [0.1, 0.15) is 11.8 Å². The third-order valence-electron chi connectivity index (χ3n) is 2.35. The van der Waals surface area contributed by atoms with Crippen LogP contribution in [0.3, 0.4) is 0 Å². The monoisotopic (exact) mass is 302 g/mol. The van der Waals surface area contributed by atoms with Gasteiger partial charge in [0.05, 0.1) is 13.7 Å². The van der Waals surface area contributed by atoms with Crippen LogP contribution >= 0.6 is 11.8 Å². The summed E-state index contributed by atoms with van der Waals surface area (Å²) >= 11 is 1.19. The summed E-state index contributed by atoms with van der Waals surface area (Å²) in [6.45, 7) is 3.97. The molecule has 1 atom stereocenters. The maximum Gasteiger partial charge on any atom is 0.327 e. The molecule has 0 N–H and O–H groups in total. The van der Waals surface area contributed by atoms with Gasteiger partial charge in [0.15, 0.2) is 0 Å². The first-order chi connectivity index (χ1) is 9.62. The van der Waals surface area contributed by atoms with E-state index in [0.29, 0.717) is 18.2 Å². The van der Waals surface area contributed by atoms with Crippen LogP contribution in [-0.4, -0.2) is 51.1 Å². The molecular weight excluding hydrogens is 284 g/mol. The van der Waals surface area contributed by atoms with Gasteiger partial charge in [0.25, 0.3) is 0 Å². The second-order valence-electron chi connectivity index (χ2n) is 3.84. The fraction of sp³-hybridized carbons (Fsp3) is 0.727. The predicted molar refractivity (Wildman–Crippen MR) is 71.0 cm³/mol. The molecule has 0 amide bonds. The Morgan fingerprint density at radius 2 is 2.15 bits per heavy atom. The van der Waals surface area contributed by atoms with E-state index >= 15 is 0 Å². The molecule has 1 aromatic rings. The standard InChI is InChI=1S/C11H18N4O4S/c1-4-6-8(10(17)19-5-2)20-11-12-13-14-15(11)7-9(16)18-3/h8H,4-7H2,1-3H3. The number of rotatable bonds is 8. The highest BCUT2D eigenvalue weighted by Gasteiger charge is 2.24. The summed E-state index contributed by atoms with van der Waals surface area (Å²) in [5.74, 6) is -0.755. The Balaban J connectivity index is 2.75. The van der Waals surface area contributed by atoms with Crippen LogP contribution < -0.4 is 0 Å². The topological polar surface area (TPSA) is 96.2 Å². The van der Waals surface area contributed by atoms with Gasteiger partial charge in [-0.1, -0.05) is 25.1 Å². The molecule has 0 saturated carbocycles. The van der Waals surface area contributed by atoms with E-state index in [1.165, 1.54) is 23.6 Å². The lowest BCUT2D eigenvalue weighted by molar-refractivity contribution is -0.143. The molecule has 0 aliphatic rings. The van der Waals surface area contributed by atoms with Crippen LogP contribution in [-0.2, 0) is 25.6 Å². The SMILES string of the molecule is CCCC(Sc1nnnn1CC(=O)OC)C(=O)OCC. The van der Waals surface area contributed by atoms with Gasteiger partial charge in [-0.15, -0.1) is 5.10 Å². The second kappa shape index (κ2) is 8.51. The van der Waals surface area contributed by atoms with Gasteiger partial charge >= 0.3 is 11.9 Å². The van der Waals surface area contributed by atoms with Crippen LogP contribution in [0.1, 0.15) is 26.7 Å². The molecule has 0 fully saturated rings. The first-order valence-corrected chi connectivity index (χ1v) is 7.16. The van der Waals surface area contributed by atoms with E-state index in [2.05, 4.69) is 20.3 Å². The third-order valence-corrected chi connectivity index (χ3v) is 3.57. The van der Waals surface area contributed by atoms with Crippen LogP contribution in [0.2, 0.25) is 0 Å². The van der Waals surface area contributed by atoms with Crippen molar-refractivity contribution in [1.29, 1.82) is 0 Å². The molecule has 9 heteroatoms. The summed E-state index contributed by atoms with van der Waals surface area (Å²) < 4.78 is 10.9. The Kier molecular flexibility index (Phi) is 6.99. The van der Waals surface area contributed by atoms with Crippen molar-refractivity contribution >= 4 is 23.7 Å². The number of carbonyl (C=O) groups is 2. The molecule has 0 aromatic carbocycles. The molecule has 0 spiro atoms. The molecule has 112 valence electrons. The van der Waals surface area contributed by atoms with Crippen molar-refractivity contribution in [3.05, 3.63) is 0 Å². The van der Waals surface area contributed by atoms with E-state index in [-0.39, 0.29) is 17.8 Å². The highest BCUT2D eigenvalue weighted by atomic mass is 32.2.